The molecule has 0 radical (unpaired) electrons. The third kappa shape index (κ3) is 3.04. The molecule has 0 unspecified atom stereocenters. The SMILES string of the molecule is O=C(O)c1cnc2ccccc2c1NCC(F)(F)C(F)F. The molecule has 4 nitrogen and oxygen atoms in total. The van der Waals surface area contributed by atoms with Crippen molar-refractivity contribution < 1.29 is 27.5 Å². The van der Waals surface area contributed by atoms with E-state index in [1.165, 1.54) is 6.07 Å². The van der Waals surface area contributed by atoms with Gasteiger partial charge in [-0.25, -0.2) is 13.6 Å². The number of halogens is 4. The molecular weight excluding hydrogens is 292 g/mol. The summed E-state index contributed by atoms with van der Waals surface area (Å²) in [5.74, 6) is -5.66. The monoisotopic (exact) mass is 302 g/mol. The Bertz CT molecular complexity index is 676. The minimum absolute atomic E-state index is 0.159. The van der Waals surface area contributed by atoms with Gasteiger partial charge in [-0.15, -0.1) is 0 Å². The number of para-hydroxylation sites is 1. The third-order valence-corrected chi connectivity index (χ3v) is 2.83. The van der Waals surface area contributed by atoms with E-state index in [-0.39, 0.29) is 16.6 Å². The molecular formula is C13H10F4N2O2. The zero-order valence-electron chi connectivity index (χ0n) is 10.5. The fourth-order valence-corrected chi connectivity index (χ4v) is 1.78. The number of nitrogens with one attached hydrogen (secondary N) is 1. The fraction of sp³-hybridized carbons (Fsp3) is 0.231. The second-order valence-corrected chi connectivity index (χ2v) is 4.28. The van der Waals surface area contributed by atoms with Crippen molar-refractivity contribution in [1.82, 2.24) is 4.98 Å². The summed E-state index contributed by atoms with van der Waals surface area (Å²) in [6, 6.07) is 6.22. The third-order valence-electron chi connectivity index (χ3n) is 2.83. The molecule has 1 aromatic carbocycles. The van der Waals surface area contributed by atoms with E-state index in [9.17, 15) is 22.4 Å². The Balaban J connectivity index is 2.45. The van der Waals surface area contributed by atoms with Crippen LogP contribution in [0.2, 0.25) is 0 Å². The van der Waals surface area contributed by atoms with Crippen LogP contribution in [0.1, 0.15) is 10.4 Å². The van der Waals surface area contributed by atoms with Crippen molar-refractivity contribution in [2.75, 3.05) is 11.9 Å². The Kier molecular flexibility index (Phi) is 3.97. The van der Waals surface area contributed by atoms with Crippen LogP contribution in [0.25, 0.3) is 10.9 Å². The number of pyridine rings is 1. The lowest BCUT2D eigenvalue weighted by molar-refractivity contribution is -0.117. The molecule has 0 aliphatic rings. The molecule has 0 amide bonds. The summed E-state index contributed by atoms with van der Waals surface area (Å²) >= 11 is 0. The topological polar surface area (TPSA) is 62.2 Å². The highest BCUT2D eigenvalue weighted by atomic mass is 19.3. The number of carbonyl (C=O) groups is 1. The molecule has 21 heavy (non-hydrogen) atoms. The number of fused-ring (bicyclic) bond motifs is 1. The number of carboxylic acids is 1. The van der Waals surface area contributed by atoms with Gasteiger partial charge in [-0.1, -0.05) is 18.2 Å². The van der Waals surface area contributed by atoms with Crippen molar-refractivity contribution in [2.24, 2.45) is 0 Å². The lowest BCUT2D eigenvalue weighted by atomic mass is 10.1. The molecule has 0 saturated heterocycles. The molecule has 2 N–H and O–H groups in total. The summed E-state index contributed by atoms with van der Waals surface area (Å²) < 4.78 is 50.3. The zero-order valence-corrected chi connectivity index (χ0v) is 10.5. The van der Waals surface area contributed by atoms with E-state index in [4.69, 9.17) is 5.11 Å². The van der Waals surface area contributed by atoms with Crippen LogP contribution in [0, 0.1) is 0 Å². The number of hydrogen-bond acceptors (Lipinski definition) is 3. The molecule has 112 valence electrons. The maximum absolute atomic E-state index is 13.0. The van der Waals surface area contributed by atoms with Crippen molar-refractivity contribution in [3.63, 3.8) is 0 Å². The maximum atomic E-state index is 13.0. The number of hydrogen-bond donors (Lipinski definition) is 2. The summed E-state index contributed by atoms with van der Waals surface area (Å²) in [6.07, 6.45) is -2.85. The van der Waals surface area contributed by atoms with Crippen LogP contribution in [0.15, 0.2) is 30.5 Å². The summed E-state index contributed by atoms with van der Waals surface area (Å²) in [5, 5.41) is 11.4. The van der Waals surface area contributed by atoms with Crippen molar-refractivity contribution in [3.8, 4) is 0 Å². The first-order valence-corrected chi connectivity index (χ1v) is 5.84. The molecule has 8 heteroatoms. The molecule has 1 heterocycles. The zero-order chi connectivity index (χ0) is 15.6. The fourth-order valence-electron chi connectivity index (χ4n) is 1.78. The van der Waals surface area contributed by atoms with Gasteiger partial charge in [-0.2, -0.15) is 8.78 Å². The van der Waals surface area contributed by atoms with Gasteiger partial charge in [0, 0.05) is 11.6 Å². The largest absolute Gasteiger partial charge is 0.478 e. The number of nitrogens with zero attached hydrogens (tertiary/aromatic N) is 1. The molecule has 0 bridgehead atoms. The molecule has 2 rings (SSSR count). The number of carboxylic acid groups (broad SMARTS) is 1. The molecule has 0 atom stereocenters. The van der Waals surface area contributed by atoms with Crippen LogP contribution in [-0.4, -0.2) is 35.0 Å². The van der Waals surface area contributed by atoms with Crippen LogP contribution in [-0.2, 0) is 0 Å². The quantitative estimate of drug-likeness (QED) is 0.832. The van der Waals surface area contributed by atoms with Crippen molar-refractivity contribution in [2.45, 2.75) is 12.3 Å². The molecule has 0 fully saturated rings. The summed E-state index contributed by atoms with van der Waals surface area (Å²) in [7, 11) is 0. The minimum Gasteiger partial charge on any atom is -0.478 e. The number of rotatable bonds is 5. The Morgan fingerprint density at radius 1 is 1.33 bits per heavy atom. The Labute approximate surface area is 116 Å². The summed E-state index contributed by atoms with van der Waals surface area (Å²) in [5.41, 5.74) is -0.155. The van der Waals surface area contributed by atoms with E-state index >= 15 is 0 Å². The second kappa shape index (κ2) is 5.55. The predicted octanol–water partition coefficient (Wildman–Crippen LogP) is 3.25. The number of benzene rings is 1. The Morgan fingerprint density at radius 3 is 2.62 bits per heavy atom. The van der Waals surface area contributed by atoms with Gasteiger partial charge < -0.3 is 10.4 Å². The molecule has 0 saturated carbocycles. The summed E-state index contributed by atoms with van der Waals surface area (Å²) in [4.78, 5) is 15.0. The normalized spacial score (nSPS) is 11.9. The molecule has 1 aromatic heterocycles. The maximum Gasteiger partial charge on any atom is 0.339 e. The van der Waals surface area contributed by atoms with Crippen LogP contribution >= 0.6 is 0 Å². The van der Waals surface area contributed by atoms with Crippen LogP contribution in [0.5, 0.6) is 0 Å². The van der Waals surface area contributed by atoms with Crippen LogP contribution < -0.4 is 5.32 Å². The highest BCUT2D eigenvalue weighted by Crippen LogP contribution is 2.29. The van der Waals surface area contributed by atoms with E-state index in [1.807, 2.05) is 0 Å². The Hall–Kier alpha value is -2.38. The van der Waals surface area contributed by atoms with Crippen molar-refractivity contribution in [1.29, 1.82) is 0 Å². The number of aromatic nitrogens is 1. The van der Waals surface area contributed by atoms with Gasteiger partial charge in [0.25, 0.3) is 0 Å². The average Bonchev–Trinajstić information content (AvgIpc) is 2.44. The van der Waals surface area contributed by atoms with E-state index in [0.717, 1.165) is 6.20 Å². The van der Waals surface area contributed by atoms with Gasteiger partial charge in [0.1, 0.15) is 5.56 Å². The van der Waals surface area contributed by atoms with Crippen LogP contribution in [0.4, 0.5) is 23.2 Å². The molecule has 0 spiro atoms. The smallest absolute Gasteiger partial charge is 0.339 e. The van der Waals surface area contributed by atoms with Gasteiger partial charge in [-0.05, 0) is 6.07 Å². The Morgan fingerprint density at radius 2 is 2.00 bits per heavy atom. The van der Waals surface area contributed by atoms with Gasteiger partial charge >= 0.3 is 18.3 Å². The van der Waals surface area contributed by atoms with Gasteiger partial charge in [0.15, 0.2) is 0 Å². The van der Waals surface area contributed by atoms with E-state index in [0.29, 0.717) is 5.52 Å². The average molecular weight is 302 g/mol. The standard InChI is InChI=1S/C13H10F4N2O2/c14-12(15)13(16,17)6-19-10-7-3-1-2-4-9(7)18-5-8(10)11(20)21/h1-5,12H,6H2,(H,18,19)(H,20,21). The highest BCUT2D eigenvalue weighted by Gasteiger charge is 2.40. The lowest BCUT2D eigenvalue weighted by Gasteiger charge is -2.18. The number of alkyl halides is 4. The van der Waals surface area contributed by atoms with Crippen molar-refractivity contribution in [3.05, 3.63) is 36.0 Å². The first kappa shape index (κ1) is 15.0. The second-order valence-electron chi connectivity index (χ2n) is 4.28. The number of anilines is 1. The van der Waals surface area contributed by atoms with E-state index < -0.39 is 24.9 Å². The molecule has 0 aliphatic heterocycles. The van der Waals surface area contributed by atoms with Gasteiger partial charge in [0.2, 0.25) is 0 Å². The summed E-state index contributed by atoms with van der Waals surface area (Å²) in [6.45, 7) is -1.38. The van der Waals surface area contributed by atoms with Gasteiger partial charge in [-0.3, -0.25) is 4.98 Å². The number of aromatic carboxylic acids is 1. The van der Waals surface area contributed by atoms with E-state index in [2.05, 4.69) is 10.3 Å². The van der Waals surface area contributed by atoms with E-state index in [1.54, 1.807) is 18.2 Å². The molecule has 0 aliphatic carbocycles. The van der Waals surface area contributed by atoms with Crippen LogP contribution in [0.3, 0.4) is 0 Å². The lowest BCUT2D eigenvalue weighted by Crippen LogP contribution is -2.35. The first-order chi connectivity index (χ1) is 9.83. The predicted molar refractivity (Wildman–Crippen MR) is 68.1 cm³/mol. The molecule has 2 aromatic rings. The van der Waals surface area contributed by atoms with Crippen molar-refractivity contribution >= 4 is 22.6 Å². The first-order valence-electron chi connectivity index (χ1n) is 5.84. The highest BCUT2D eigenvalue weighted by molar-refractivity contribution is 6.04. The van der Waals surface area contributed by atoms with Gasteiger partial charge in [0.05, 0.1) is 17.7 Å². The minimum atomic E-state index is -4.26.